The summed E-state index contributed by atoms with van der Waals surface area (Å²) < 4.78 is 5.58. The predicted molar refractivity (Wildman–Crippen MR) is 79.9 cm³/mol. The van der Waals surface area contributed by atoms with Crippen LogP contribution in [0.1, 0.15) is 24.2 Å². The Morgan fingerprint density at radius 3 is 2.70 bits per heavy atom. The number of carbonyl (C=O) groups excluding carboxylic acids is 1. The number of fused-ring (bicyclic) bond motifs is 1. The Morgan fingerprint density at radius 1 is 1.15 bits per heavy atom. The van der Waals surface area contributed by atoms with Crippen molar-refractivity contribution in [3.63, 3.8) is 0 Å². The fourth-order valence-corrected chi connectivity index (χ4v) is 2.67. The largest absolute Gasteiger partial charge is 0.375 e. The normalized spacial score (nSPS) is 23.0. The van der Waals surface area contributed by atoms with Crippen molar-refractivity contribution < 1.29 is 9.53 Å². The Kier molecular flexibility index (Phi) is 3.45. The van der Waals surface area contributed by atoms with Crippen molar-refractivity contribution in [1.82, 2.24) is 4.90 Å². The van der Waals surface area contributed by atoms with E-state index in [2.05, 4.69) is 6.07 Å². The third kappa shape index (κ3) is 2.41. The minimum Gasteiger partial charge on any atom is -0.375 e. The first kappa shape index (κ1) is 13.1. The standard InChI is InChI=1S/C17H19NO2/c1-12-11-20-13(2)10-18(12)17(19)16-8-7-14-5-3-4-6-15(14)9-16/h3-9,12-13H,10-11H2,1-2H3. The van der Waals surface area contributed by atoms with Gasteiger partial charge in [0.15, 0.2) is 0 Å². The first-order valence-electron chi connectivity index (χ1n) is 7.06. The molecule has 2 unspecified atom stereocenters. The van der Waals surface area contributed by atoms with E-state index in [1.165, 1.54) is 0 Å². The molecule has 0 bridgehead atoms. The lowest BCUT2D eigenvalue weighted by atomic mass is 10.1. The van der Waals surface area contributed by atoms with E-state index in [0.717, 1.165) is 16.3 Å². The summed E-state index contributed by atoms with van der Waals surface area (Å²) in [6.45, 7) is 5.31. The van der Waals surface area contributed by atoms with E-state index in [9.17, 15) is 4.79 Å². The Hall–Kier alpha value is -1.87. The van der Waals surface area contributed by atoms with Gasteiger partial charge in [-0.15, -0.1) is 0 Å². The van der Waals surface area contributed by atoms with Crippen LogP contribution < -0.4 is 0 Å². The molecule has 2 atom stereocenters. The van der Waals surface area contributed by atoms with Gasteiger partial charge in [0.05, 0.1) is 18.8 Å². The lowest BCUT2D eigenvalue weighted by Crippen LogP contribution is -2.50. The number of benzene rings is 2. The molecule has 0 N–H and O–H groups in total. The van der Waals surface area contributed by atoms with Gasteiger partial charge in [-0.3, -0.25) is 4.79 Å². The van der Waals surface area contributed by atoms with Crippen molar-refractivity contribution in [2.24, 2.45) is 0 Å². The number of carbonyl (C=O) groups is 1. The van der Waals surface area contributed by atoms with Gasteiger partial charge < -0.3 is 9.64 Å². The van der Waals surface area contributed by atoms with E-state index in [1.807, 2.05) is 55.1 Å². The Bertz CT molecular complexity index is 638. The average molecular weight is 269 g/mol. The maximum atomic E-state index is 12.7. The second-order valence-corrected chi connectivity index (χ2v) is 5.51. The van der Waals surface area contributed by atoms with Gasteiger partial charge in [-0.05, 0) is 36.8 Å². The molecule has 3 rings (SSSR count). The number of ether oxygens (including phenoxy) is 1. The summed E-state index contributed by atoms with van der Waals surface area (Å²) in [6.07, 6.45) is 0.107. The molecular formula is C17H19NO2. The van der Waals surface area contributed by atoms with Gasteiger partial charge in [0.25, 0.3) is 5.91 Å². The summed E-state index contributed by atoms with van der Waals surface area (Å²) in [7, 11) is 0. The SMILES string of the molecule is CC1CN(C(=O)c2ccc3ccccc3c2)C(C)CO1. The highest BCUT2D eigenvalue weighted by atomic mass is 16.5. The summed E-state index contributed by atoms with van der Waals surface area (Å²) in [5.74, 6) is 0.0957. The molecule has 1 fully saturated rings. The molecule has 3 heteroatoms. The Balaban J connectivity index is 1.91. The summed E-state index contributed by atoms with van der Waals surface area (Å²) in [6, 6.07) is 14.1. The van der Waals surface area contributed by atoms with Gasteiger partial charge in [-0.2, -0.15) is 0 Å². The van der Waals surface area contributed by atoms with Crippen LogP contribution in [0.25, 0.3) is 10.8 Å². The van der Waals surface area contributed by atoms with Crippen LogP contribution in [-0.2, 0) is 4.74 Å². The third-order valence-corrected chi connectivity index (χ3v) is 3.87. The van der Waals surface area contributed by atoms with Crippen LogP contribution in [0.3, 0.4) is 0 Å². The molecule has 0 radical (unpaired) electrons. The minimum absolute atomic E-state index is 0.0957. The number of rotatable bonds is 1. The Morgan fingerprint density at radius 2 is 1.90 bits per heavy atom. The molecule has 104 valence electrons. The summed E-state index contributed by atoms with van der Waals surface area (Å²) in [5, 5.41) is 2.26. The molecule has 1 amide bonds. The van der Waals surface area contributed by atoms with Gasteiger partial charge >= 0.3 is 0 Å². The molecule has 1 heterocycles. The molecular weight excluding hydrogens is 250 g/mol. The van der Waals surface area contributed by atoms with Crippen LogP contribution in [0.5, 0.6) is 0 Å². The maximum absolute atomic E-state index is 12.7. The first-order chi connectivity index (χ1) is 9.65. The molecule has 0 saturated carbocycles. The number of amides is 1. The summed E-state index contributed by atoms with van der Waals surface area (Å²) >= 11 is 0. The van der Waals surface area contributed by atoms with Crippen molar-refractivity contribution in [3.05, 3.63) is 48.0 Å². The fourth-order valence-electron chi connectivity index (χ4n) is 2.67. The number of morpholine rings is 1. The van der Waals surface area contributed by atoms with Crippen molar-refractivity contribution in [2.45, 2.75) is 26.0 Å². The lowest BCUT2D eigenvalue weighted by Gasteiger charge is -2.36. The monoisotopic (exact) mass is 269 g/mol. The lowest BCUT2D eigenvalue weighted by molar-refractivity contribution is -0.0387. The number of nitrogens with zero attached hydrogens (tertiary/aromatic N) is 1. The summed E-state index contributed by atoms with van der Waals surface area (Å²) in [4.78, 5) is 14.6. The van der Waals surface area contributed by atoms with Crippen molar-refractivity contribution in [2.75, 3.05) is 13.2 Å². The van der Waals surface area contributed by atoms with Crippen LogP contribution in [0.15, 0.2) is 42.5 Å². The van der Waals surface area contributed by atoms with E-state index >= 15 is 0 Å². The van der Waals surface area contributed by atoms with Crippen molar-refractivity contribution in [1.29, 1.82) is 0 Å². The van der Waals surface area contributed by atoms with Gasteiger partial charge in [0.1, 0.15) is 0 Å². The van der Waals surface area contributed by atoms with E-state index in [-0.39, 0.29) is 18.1 Å². The van der Waals surface area contributed by atoms with E-state index in [0.29, 0.717) is 13.2 Å². The molecule has 20 heavy (non-hydrogen) atoms. The minimum atomic E-state index is 0.0957. The third-order valence-electron chi connectivity index (χ3n) is 3.87. The zero-order valence-corrected chi connectivity index (χ0v) is 11.9. The number of hydrogen-bond acceptors (Lipinski definition) is 2. The van der Waals surface area contributed by atoms with Crippen LogP contribution in [-0.4, -0.2) is 36.1 Å². The molecule has 1 aliphatic heterocycles. The molecule has 1 aliphatic rings. The van der Waals surface area contributed by atoms with E-state index < -0.39 is 0 Å². The van der Waals surface area contributed by atoms with E-state index in [1.54, 1.807) is 0 Å². The first-order valence-corrected chi connectivity index (χ1v) is 7.06. The molecule has 0 spiro atoms. The number of hydrogen-bond donors (Lipinski definition) is 0. The predicted octanol–water partition coefficient (Wildman–Crippen LogP) is 3.09. The van der Waals surface area contributed by atoms with Gasteiger partial charge in [-0.25, -0.2) is 0 Å². The van der Waals surface area contributed by atoms with Gasteiger partial charge in [0.2, 0.25) is 0 Å². The fraction of sp³-hybridized carbons (Fsp3) is 0.353. The topological polar surface area (TPSA) is 29.5 Å². The van der Waals surface area contributed by atoms with Gasteiger partial charge in [-0.1, -0.05) is 30.3 Å². The van der Waals surface area contributed by atoms with Gasteiger partial charge in [0, 0.05) is 12.1 Å². The molecule has 0 aliphatic carbocycles. The zero-order valence-electron chi connectivity index (χ0n) is 11.9. The molecule has 2 aromatic rings. The molecule has 2 aromatic carbocycles. The highest BCUT2D eigenvalue weighted by molar-refractivity contribution is 5.98. The molecule has 1 saturated heterocycles. The van der Waals surface area contributed by atoms with Crippen molar-refractivity contribution >= 4 is 16.7 Å². The smallest absolute Gasteiger partial charge is 0.254 e. The highest BCUT2D eigenvalue weighted by Gasteiger charge is 2.28. The quantitative estimate of drug-likeness (QED) is 0.796. The molecule has 3 nitrogen and oxygen atoms in total. The molecule has 0 aromatic heterocycles. The Labute approximate surface area is 119 Å². The second kappa shape index (κ2) is 5.25. The zero-order chi connectivity index (χ0) is 14.1. The summed E-state index contributed by atoms with van der Waals surface area (Å²) in [5.41, 5.74) is 0.754. The maximum Gasteiger partial charge on any atom is 0.254 e. The van der Waals surface area contributed by atoms with E-state index in [4.69, 9.17) is 4.74 Å². The highest BCUT2D eigenvalue weighted by Crippen LogP contribution is 2.19. The van der Waals surface area contributed by atoms with Crippen LogP contribution in [0.4, 0.5) is 0 Å². The van der Waals surface area contributed by atoms with Crippen LogP contribution in [0, 0.1) is 0 Å². The van der Waals surface area contributed by atoms with Crippen LogP contribution in [0.2, 0.25) is 0 Å². The average Bonchev–Trinajstić information content (AvgIpc) is 2.48. The van der Waals surface area contributed by atoms with Crippen LogP contribution >= 0.6 is 0 Å². The van der Waals surface area contributed by atoms with Crippen molar-refractivity contribution in [3.8, 4) is 0 Å². The second-order valence-electron chi connectivity index (χ2n) is 5.51.